The standard InChI is InChI=1S/C12H21NO/c1-4-13(5-2)12-9-7-6-8-11(12)10(3)14/h7,9,11-12H,4-6,8H2,1-3H3. The van der Waals surface area contributed by atoms with E-state index in [1.54, 1.807) is 6.92 Å². The molecule has 2 heteroatoms. The van der Waals surface area contributed by atoms with Crippen LogP contribution >= 0.6 is 0 Å². The van der Waals surface area contributed by atoms with Crippen molar-refractivity contribution in [2.75, 3.05) is 13.1 Å². The number of allylic oxidation sites excluding steroid dienone is 1. The third kappa shape index (κ3) is 2.44. The van der Waals surface area contributed by atoms with Crippen LogP contribution in [0.3, 0.4) is 0 Å². The van der Waals surface area contributed by atoms with Crippen molar-refractivity contribution in [3.8, 4) is 0 Å². The van der Waals surface area contributed by atoms with Crippen molar-refractivity contribution in [1.82, 2.24) is 4.90 Å². The quantitative estimate of drug-likeness (QED) is 0.641. The van der Waals surface area contributed by atoms with Crippen molar-refractivity contribution in [2.24, 2.45) is 5.92 Å². The lowest BCUT2D eigenvalue weighted by Gasteiger charge is -2.34. The maximum Gasteiger partial charge on any atom is 0.134 e. The molecule has 0 aromatic rings. The van der Waals surface area contributed by atoms with Crippen LogP contribution in [0.1, 0.15) is 33.6 Å². The minimum atomic E-state index is 0.222. The van der Waals surface area contributed by atoms with Crippen LogP contribution in [0, 0.1) is 5.92 Å². The molecule has 0 saturated heterocycles. The Morgan fingerprint density at radius 1 is 1.43 bits per heavy atom. The number of carbonyl (C=O) groups excluding carboxylic acids is 1. The average molecular weight is 195 g/mol. The summed E-state index contributed by atoms with van der Waals surface area (Å²) in [4.78, 5) is 13.8. The summed E-state index contributed by atoms with van der Waals surface area (Å²) in [6.45, 7) is 8.08. The zero-order valence-corrected chi connectivity index (χ0v) is 9.49. The summed E-state index contributed by atoms with van der Waals surface area (Å²) in [7, 11) is 0. The number of hydrogen-bond acceptors (Lipinski definition) is 2. The van der Waals surface area contributed by atoms with E-state index in [0.717, 1.165) is 25.9 Å². The van der Waals surface area contributed by atoms with E-state index in [1.807, 2.05) is 0 Å². The maximum absolute atomic E-state index is 11.5. The largest absolute Gasteiger partial charge is 0.300 e. The Bertz CT molecular complexity index is 218. The number of ketones is 1. The second-order valence-corrected chi connectivity index (χ2v) is 3.93. The average Bonchev–Trinajstić information content (AvgIpc) is 2.20. The molecule has 1 aliphatic rings. The predicted molar refractivity (Wildman–Crippen MR) is 59.3 cm³/mol. The number of Topliss-reactive ketones (excluding diaryl/α,β-unsaturated/α-hetero) is 1. The SMILES string of the molecule is CCN(CC)C1C=CCCC1C(C)=O. The fourth-order valence-electron chi connectivity index (χ4n) is 2.28. The molecule has 14 heavy (non-hydrogen) atoms. The van der Waals surface area contributed by atoms with Crippen LogP contribution < -0.4 is 0 Å². The summed E-state index contributed by atoms with van der Waals surface area (Å²) in [5.74, 6) is 0.561. The molecule has 1 rings (SSSR count). The molecule has 1 aliphatic carbocycles. The highest BCUT2D eigenvalue weighted by Gasteiger charge is 2.28. The van der Waals surface area contributed by atoms with E-state index in [2.05, 4.69) is 30.9 Å². The van der Waals surface area contributed by atoms with E-state index in [0.29, 0.717) is 11.8 Å². The van der Waals surface area contributed by atoms with Crippen molar-refractivity contribution >= 4 is 5.78 Å². The summed E-state index contributed by atoms with van der Waals surface area (Å²) in [6, 6.07) is 0.344. The third-order valence-corrected chi connectivity index (χ3v) is 3.15. The second-order valence-electron chi connectivity index (χ2n) is 3.93. The lowest BCUT2D eigenvalue weighted by molar-refractivity contribution is -0.122. The van der Waals surface area contributed by atoms with Gasteiger partial charge < -0.3 is 0 Å². The van der Waals surface area contributed by atoms with Gasteiger partial charge in [-0.1, -0.05) is 26.0 Å². The normalized spacial score (nSPS) is 26.9. The van der Waals surface area contributed by atoms with Gasteiger partial charge in [-0.3, -0.25) is 9.69 Å². The highest BCUT2D eigenvalue weighted by molar-refractivity contribution is 5.79. The molecule has 0 fully saturated rings. The Kier molecular flexibility index (Phi) is 4.33. The van der Waals surface area contributed by atoms with Gasteiger partial charge in [0.1, 0.15) is 5.78 Å². The van der Waals surface area contributed by atoms with Crippen molar-refractivity contribution in [1.29, 1.82) is 0 Å². The van der Waals surface area contributed by atoms with E-state index in [1.165, 1.54) is 0 Å². The summed E-state index contributed by atoms with van der Waals surface area (Å²) >= 11 is 0. The highest BCUT2D eigenvalue weighted by Crippen LogP contribution is 2.24. The van der Waals surface area contributed by atoms with Crippen LogP contribution in [0.2, 0.25) is 0 Å². The van der Waals surface area contributed by atoms with Crippen LogP contribution in [-0.2, 0) is 4.79 Å². The van der Waals surface area contributed by atoms with E-state index in [9.17, 15) is 4.79 Å². The van der Waals surface area contributed by atoms with Gasteiger partial charge in [0.2, 0.25) is 0 Å². The minimum absolute atomic E-state index is 0.222. The molecule has 0 radical (unpaired) electrons. The first-order valence-corrected chi connectivity index (χ1v) is 5.61. The molecule has 0 saturated carbocycles. The van der Waals surface area contributed by atoms with Crippen molar-refractivity contribution in [3.63, 3.8) is 0 Å². The number of hydrogen-bond donors (Lipinski definition) is 0. The van der Waals surface area contributed by atoms with Crippen molar-refractivity contribution in [3.05, 3.63) is 12.2 Å². The Morgan fingerprint density at radius 2 is 2.07 bits per heavy atom. The lowest BCUT2D eigenvalue weighted by Crippen LogP contribution is -2.42. The minimum Gasteiger partial charge on any atom is -0.300 e. The molecule has 0 heterocycles. The second kappa shape index (κ2) is 5.30. The first-order valence-electron chi connectivity index (χ1n) is 5.61. The van der Waals surface area contributed by atoms with E-state index in [-0.39, 0.29) is 5.92 Å². The summed E-state index contributed by atoms with van der Waals surface area (Å²) in [5.41, 5.74) is 0. The van der Waals surface area contributed by atoms with Crippen LogP contribution in [0.15, 0.2) is 12.2 Å². The first-order chi connectivity index (χ1) is 6.70. The Morgan fingerprint density at radius 3 is 2.57 bits per heavy atom. The van der Waals surface area contributed by atoms with Gasteiger partial charge in [0.25, 0.3) is 0 Å². The zero-order valence-electron chi connectivity index (χ0n) is 9.49. The van der Waals surface area contributed by atoms with Crippen molar-refractivity contribution in [2.45, 2.75) is 39.7 Å². The molecule has 2 unspecified atom stereocenters. The van der Waals surface area contributed by atoms with Gasteiger partial charge in [0.05, 0.1) is 0 Å². The van der Waals surface area contributed by atoms with Gasteiger partial charge >= 0.3 is 0 Å². The molecule has 0 N–H and O–H groups in total. The molecular formula is C12H21NO. The van der Waals surface area contributed by atoms with Crippen LogP contribution in [0.25, 0.3) is 0 Å². The molecule has 2 atom stereocenters. The molecule has 0 bridgehead atoms. The van der Waals surface area contributed by atoms with Gasteiger partial charge in [0, 0.05) is 12.0 Å². The van der Waals surface area contributed by atoms with E-state index < -0.39 is 0 Å². The Hall–Kier alpha value is -0.630. The molecular weight excluding hydrogens is 174 g/mol. The molecule has 0 aromatic heterocycles. The van der Waals surface area contributed by atoms with Gasteiger partial charge in [-0.05, 0) is 32.9 Å². The molecule has 0 amide bonds. The van der Waals surface area contributed by atoms with Gasteiger partial charge in [-0.15, -0.1) is 0 Å². The number of rotatable bonds is 4. The first kappa shape index (κ1) is 11.4. The van der Waals surface area contributed by atoms with Gasteiger partial charge in [-0.2, -0.15) is 0 Å². The topological polar surface area (TPSA) is 20.3 Å². The van der Waals surface area contributed by atoms with Crippen LogP contribution in [0.4, 0.5) is 0 Å². The third-order valence-electron chi connectivity index (χ3n) is 3.15. The zero-order chi connectivity index (χ0) is 10.6. The lowest BCUT2D eigenvalue weighted by atomic mass is 9.85. The highest BCUT2D eigenvalue weighted by atomic mass is 16.1. The van der Waals surface area contributed by atoms with Crippen LogP contribution in [-0.4, -0.2) is 29.8 Å². The molecule has 0 aromatic carbocycles. The molecule has 2 nitrogen and oxygen atoms in total. The Labute approximate surface area is 87.0 Å². The van der Waals surface area contributed by atoms with Gasteiger partial charge in [0.15, 0.2) is 0 Å². The Balaban J connectivity index is 2.75. The maximum atomic E-state index is 11.5. The van der Waals surface area contributed by atoms with E-state index in [4.69, 9.17) is 0 Å². The number of nitrogens with zero attached hydrogens (tertiary/aromatic N) is 1. The number of likely N-dealkylation sites (N-methyl/N-ethyl adjacent to an activating group) is 1. The fraction of sp³-hybridized carbons (Fsp3) is 0.750. The van der Waals surface area contributed by atoms with Crippen molar-refractivity contribution < 1.29 is 4.79 Å². The van der Waals surface area contributed by atoms with Gasteiger partial charge in [-0.25, -0.2) is 0 Å². The monoisotopic (exact) mass is 195 g/mol. The number of carbonyl (C=O) groups is 1. The van der Waals surface area contributed by atoms with E-state index >= 15 is 0 Å². The molecule has 80 valence electrons. The predicted octanol–water partition coefficient (Wildman–Crippen LogP) is 2.25. The summed E-state index contributed by atoms with van der Waals surface area (Å²) in [6.07, 6.45) is 6.50. The summed E-state index contributed by atoms with van der Waals surface area (Å²) < 4.78 is 0. The summed E-state index contributed by atoms with van der Waals surface area (Å²) in [5, 5.41) is 0. The fourth-order valence-corrected chi connectivity index (χ4v) is 2.28. The molecule has 0 aliphatic heterocycles. The smallest absolute Gasteiger partial charge is 0.134 e. The molecule has 0 spiro atoms. The van der Waals surface area contributed by atoms with Crippen LogP contribution in [0.5, 0.6) is 0 Å².